The zero-order valence-corrected chi connectivity index (χ0v) is 23.3. The van der Waals surface area contributed by atoms with Crippen molar-refractivity contribution in [3.8, 4) is 10.8 Å². The van der Waals surface area contributed by atoms with Crippen LogP contribution in [0.2, 0.25) is 0 Å². The number of carboxylic acid groups (broad SMARTS) is 1. The van der Waals surface area contributed by atoms with Crippen molar-refractivity contribution in [1.29, 1.82) is 0 Å². The first-order valence-electron chi connectivity index (χ1n) is 12.0. The lowest BCUT2D eigenvalue weighted by Gasteiger charge is -2.35. The molecule has 15 heteroatoms. The number of aliphatic carboxylic acids is 1. The minimum Gasteiger partial charge on any atom is -0.486 e. The molecule has 0 spiro atoms. The zero-order valence-electron chi connectivity index (χ0n) is 21.7. The van der Waals surface area contributed by atoms with E-state index in [1.807, 2.05) is 6.92 Å². The van der Waals surface area contributed by atoms with Gasteiger partial charge in [0.25, 0.3) is 10.0 Å². The van der Waals surface area contributed by atoms with Crippen molar-refractivity contribution in [3.05, 3.63) is 28.8 Å². The van der Waals surface area contributed by atoms with E-state index in [9.17, 15) is 31.2 Å². The highest BCUT2D eigenvalue weighted by atomic mass is 32.2. The third-order valence-electron chi connectivity index (χ3n) is 5.76. The van der Waals surface area contributed by atoms with Gasteiger partial charge in [-0.1, -0.05) is 24.3 Å². The van der Waals surface area contributed by atoms with E-state index >= 15 is 0 Å². The molecule has 0 bridgehead atoms. The summed E-state index contributed by atoms with van der Waals surface area (Å²) in [5.41, 5.74) is -2.51. The number of aryl methyl sites for hydroxylation is 1. The van der Waals surface area contributed by atoms with Crippen LogP contribution >= 0.6 is 11.3 Å². The van der Waals surface area contributed by atoms with E-state index in [0.717, 1.165) is 29.5 Å². The zero-order chi connectivity index (χ0) is 29.2. The molecule has 0 radical (unpaired) electrons. The van der Waals surface area contributed by atoms with Crippen molar-refractivity contribution in [3.63, 3.8) is 0 Å². The Bertz CT molecular complexity index is 1330. The second-order valence-electron chi connectivity index (χ2n) is 9.16. The molecule has 1 aliphatic heterocycles. The third-order valence-corrected chi connectivity index (χ3v) is 8.69. The normalized spacial score (nSPS) is 15.9. The van der Waals surface area contributed by atoms with Gasteiger partial charge < -0.3 is 19.3 Å². The summed E-state index contributed by atoms with van der Waals surface area (Å²) < 4.78 is 84.2. The standard InChI is InChI=1S/C24H29F3N2O8S2/c1-5-18-28-21(22(38-18)35-6-2)39(33,34)29-13-15(8-10-19(30)31)36-17-9-7-14(11-16(17)29)12-20(32)37-23(3,4)24(25,26)27/h7,9,11,15H,5-6,8,10,12-13H2,1-4H3,(H,30,31)/t15-/m0/s1. The fourth-order valence-corrected chi connectivity index (χ4v) is 6.42. The van der Waals surface area contributed by atoms with Gasteiger partial charge in [0, 0.05) is 6.42 Å². The first-order valence-corrected chi connectivity index (χ1v) is 14.3. The van der Waals surface area contributed by atoms with Crippen LogP contribution in [0, 0.1) is 0 Å². The number of anilines is 1. The lowest BCUT2D eigenvalue weighted by atomic mass is 10.1. The first kappa shape index (κ1) is 30.5. The average molecular weight is 595 g/mol. The molecule has 0 aliphatic carbocycles. The van der Waals surface area contributed by atoms with Crippen molar-refractivity contribution in [2.24, 2.45) is 0 Å². The number of fused-ring (bicyclic) bond motifs is 1. The molecule has 216 valence electrons. The molecule has 3 rings (SSSR count). The van der Waals surface area contributed by atoms with Crippen molar-refractivity contribution in [2.75, 3.05) is 17.5 Å². The number of sulfonamides is 1. The minimum atomic E-state index is -4.79. The molecule has 1 aliphatic rings. The van der Waals surface area contributed by atoms with E-state index in [0.29, 0.717) is 11.4 Å². The number of halogens is 3. The molecule has 2 heterocycles. The third kappa shape index (κ3) is 6.93. The van der Waals surface area contributed by atoms with E-state index in [-0.39, 0.29) is 53.1 Å². The van der Waals surface area contributed by atoms with E-state index < -0.39 is 46.3 Å². The summed E-state index contributed by atoms with van der Waals surface area (Å²) >= 11 is 1.09. The van der Waals surface area contributed by atoms with Gasteiger partial charge in [-0.05, 0) is 51.3 Å². The molecule has 39 heavy (non-hydrogen) atoms. The van der Waals surface area contributed by atoms with Crippen molar-refractivity contribution < 1.29 is 50.5 Å². The highest BCUT2D eigenvalue weighted by molar-refractivity contribution is 7.93. The van der Waals surface area contributed by atoms with E-state index in [1.165, 1.54) is 18.2 Å². The van der Waals surface area contributed by atoms with Gasteiger partial charge >= 0.3 is 18.1 Å². The highest BCUT2D eigenvalue weighted by Gasteiger charge is 2.50. The van der Waals surface area contributed by atoms with Crippen LogP contribution in [-0.4, -0.2) is 61.5 Å². The number of esters is 1. The van der Waals surface area contributed by atoms with E-state index in [4.69, 9.17) is 14.6 Å². The van der Waals surface area contributed by atoms with Crippen LogP contribution in [0.1, 0.15) is 51.1 Å². The lowest BCUT2D eigenvalue weighted by molar-refractivity contribution is -0.257. The molecule has 0 saturated carbocycles. The fourth-order valence-electron chi connectivity index (χ4n) is 3.65. The first-order chi connectivity index (χ1) is 18.1. The van der Waals surface area contributed by atoms with Crippen LogP contribution in [0.5, 0.6) is 10.8 Å². The Labute approximate surface area is 227 Å². The van der Waals surface area contributed by atoms with Crippen LogP contribution in [0.25, 0.3) is 0 Å². The Morgan fingerprint density at radius 1 is 1.26 bits per heavy atom. The maximum atomic E-state index is 13.9. The summed E-state index contributed by atoms with van der Waals surface area (Å²) in [7, 11) is -4.37. The maximum Gasteiger partial charge on any atom is 0.427 e. The number of ether oxygens (including phenoxy) is 3. The van der Waals surface area contributed by atoms with Crippen LogP contribution in [0.15, 0.2) is 23.2 Å². The summed E-state index contributed by atoms with van der Waals surface area (Å²) in [6, 6.07) is 4.09. The molecule has 0 saturated heterocycles. The average Bonchev–Trinajstić information content (AvgIpc) is 3.25. The number of aromatic nitrogens is 1. The minimum absolute atomic E-state index is 0.0109. The number of alkyl halides is 3. The largest absolute Gasteiger partial charge is 0.486 e. The molecule has 1 aromatic carbocycles. The van der Waals surface area contributed by atoms with Crippen LogP contribution in [0.3, 0.4) is 0 Å². The molecule has 1 atom stereocenters. The van der Waals surface area contributed by atoms with Crippen molar-refractivity contribution >= 4 is 39.0 Å². The van der Waals surface area contributed by atoms with Gasteiger partial charge in [-0.25, -0.2) is 4.98 Å². The Hall–Kier alpha value is -3.07. The summed E-state index contributed by atoms with van der Waals surface area (Å²) in [6.07, 6.45) is -5.96. The molecule has 0 amide bonds. The molecular weight excluding hydrogens is 565 g/mol. The van der Waals surface area contributed by atoms with Crippen molar-refractivity contribution in [1.82, 2.24) is 4.98 Å². The Morgan fingerprint density at radius 2 is 1.95 bits per heavy atom. The second-order valence-corrected chi connectivity index (χ2v) is 12.0. The highest BCUT2D eigenvalue weighted by Crippen LogP contribution is 2.42. The number of carbonyl (C=O) groups is 2. The number of rotatable bonds is 11. The lowest BCUT2D eigenvalue weighted by Crippen LogP contribution is -2.44. The summed E-state index contributed by atoms with van der Waals surface area (Å²) in [4.78, 5) is 27.7. The number of carbonyl (C=O) groups excluding carboxylic acids is 1. The number of carboxylic acids is 1. The molecule has 0 unspecified atom stereocenters. The van der Waals surface area contributed by atoms with E-state index in [2.05, 4.69) is 9.72 Å². The van der Waals surface area contributed by atoms with Gasteiger partial charge in [-0.3, -0.25) is 13.9 Å². The number of hydrogen-bond donors (Lipinski definition) is 1. The quantitative estimate of drug-likeness (QED) is 0.377. The summed E-state index contributed by atoms with van der Waals surface area (Å²) in [5, 5.41) is 9.40. The Balaban J connectivity index is 2.01. The van der Waals surface area contributed by atoms with Gasteiger partial charge in [0.1, 0.15) is 11.9 Å². The van der Waals surface area contributed by atoms with Gasteiger partial charge in [-0.15, -0.1) is 0 Å². The second kappa shape index (κ2) is 11.6. The van der Waals surface area contributed by atoms with Crippen LogP contribution < -0.4 is 13.8 Å². The Morgan fingerprint density at radius 3 is 2.54 bits per heavy atom. The molecule has 10 nitrogen and oxygen atoms in total. The molecular formula is C24H29F3N2O8S2. The Kier molecular flexibility index (Phi) is 9.05. The predicted molar refractivity (Wildman–Crippen MR) is 135 cm³/mol. The molecule has 0 fully saturated rings. The molecule has 2 aromatic rings. The maximum absolute atomic E-state index is 13.9. The molecule has 1 aromatic heterocycles. The summed E-state index contributed by atoms with van der Waals surface area (Å²) in [6.45, 7) is 4.89. The van der Waals surface area contributed by atoms with Gasteiger partial charge in [0.15, 0.2) is 0 Å². The van der Waals surface area contributed by atoms with Gasteiger partial charge in [-0.2, -0.15) is 21.6 Å². The SMILES string of the molecule is CCOc1sc(CC)nc1S(=O)(=O)N1C[C@H](CCC(=O)O)Oc2ccc(CC(=O)OC(C)(C)C(F)(F)F)cc21. The van der Waals surface area contributed by atoms with Crippen LogP contribution in [0.4, 0.5) is 18.9 Å². The van der Waals surface area contributed by atoms with E-state index in [1.54, 1.807) is 6.92 Å². The van der Waals surface area contributed by atoms with Crippen molar-refractivity contribution in [2.45, 2.75) is 76.3 Å². The number of benzene rings is 1. The molecule has 1 N–H and O–H groups in total. The predicted octanol–water partition coefficient (Wildman–Crippen LogP) is 4.35. The smallest absolute Gasteiger partial charge is 0.427 e. The summed E-state index contributed by atoms with van der Waals surface area (Å²) in [5.74, 6) is -2.15. The number of thiazole rings is 1. The number of hydrogen-bond acceptors (Lipinski definition) is 9. The number of nitrogens with zero attached hydrogens (tertiary/aromatic N) is 2. The van der Waals surface area contributed by atoms with Gasteiger partial charge in [0.05, 0.1) is 30.3 Å². The van der Waals surface area contributed by atoms with Crippen LogP contribution in [-0.2, 0) is 37.2 Å². The topological polar surface area (TPSA) is 132 Å². The monoisotopic (exact) mass is 594 g/mol. The van der Waals surface area contributed by atoms with Gasteiger partial charge in [0.2, 0.25) is 15.7 Å². The fraction of sp³-hybridized carbons (Fsp3) is 0.542.